The Bertz CT molecular complexity index is 836. The van der Waals surface area contributed by atoms with E-state index in [-0.39, 0.29) is 0 Å². The van der Waals surface area contributed by atoms with Crippen molar-refractivity contribution in [3.63, 3.8) is 0 Å². The summed E-state index contributed by atoms with van der Waals surface area (Å²) < 4.78 is 0. The molecule has 0 atom stereocenters. The van der Waals surface area contributed by atoms with Crippen molar-refractivity contribution in [3.05, 3.63) is 72.8 Å². The SMILES string of the molecule is CCN(CC)c1ccc(N(c2ccc(N(CC)CC)cc2)c2ccc(N(CC)CC)cc2)cc1. The van der Waals surface area contributed by atoms with Crippen LogP contribution in [0.3, 0.4) is 0 Å². The maximum absolute atomic E-state index is 2.38. The molecule has 0 aliphatic rings. The lowest BCUT2D eigenvalue weighted by atomic mass is 10.1. The second-order valence-electron chi connectivity index (χ2n) is 8.40. The van der Waals surface area contributed by atoms with Gasteiger partial charge in [-0.05, 0) is 114 Å². The molecule has 4 nitrogen and oxygen atoms in total. The van der Waals surface area contributed by atoms with Gasteiger partial charge in [-0.1, -0.05) is 0 Å². The smallest absolute Gasteiger partial charge is 0.0463 e. The molecule has 0 heterocycles. The summed E-state index contributed by atoms with van der Waals surface area (Å²) in [5.41, 5.74) is 7.30. The van der Waals surface area contributed by atoms with E-state index < -0.39 is 0 Å². The standard InChI is InChI=1S/C30H42N4/c1-7-31(8-2)25-13-19-28(20-14-25)34(29-21-15-26(16-22-29)32(9-3)10-4)30-23-17-27(18-24-30)33(11-5)12-6/h13-24H,7-12H2,1-6H3. The van der Waals surface area contributed by atoms with Gasteiger partial charge >= 0.3 is 0 Å². The van der Waals surface area contributed by atoms with Crippen molar-refractivity contribution >= 4 is 34.1 Å². The third kappa shape index (κ3) is 5.67. The lowest BCUT2D eigenvalue weighted by Gasteiger charge is -2.29. The molecule has 0 saturated carbocycles. The van der Waals surface area contributed by atoms with Crippen LogP contribution in [-0.2, 0) is 0 Å². The highest BCUT2D eigenvalue weighted by Crippen LogP contribution is 2.37. The van der Waals surface area contributed by atoms with Gasteiger partial charge in [0.25, 0.3) is 0 Å². The van der Waals surface area contributed by atoms with E-state index in [9.17, 15) is 0 Å². The molecule has 0 aliphatic heterocycles. The van der Waals surface area contributed by atoms with E-state index in [4.69, 9.17) is 0 Å². The molecule has 0 aliphatic carbocycles. The predicted octanol–water partition coefficient (Wildman–Crippen LogP) is 7.70. The molecule has 0 spiro atoms. The molecule has 0 saturated heterocycles. The molecule has 34 heavy (non-hydrogen) atoms. The van der Waals surface area contributed by atoms with Gasteiger partial charge in [-0.25, -0.2) is 0 Å². The molecule has 0 N–H and O–H groups in total. The average molecular weight is 459 g/mol. The Morgan fingerprint density at radius 1 is 0.324 bits per heavy atom. The summed E-state index contributed by atoms with van der Waals surface area (Å²) in [6.07, 6.45) is 0. The van der Waals surface area contributed by atoms with Gasteiger partial charge < -0.3 is 19.6 Å². The zero-order valence-electron chi connectivity index (χ0n) is 22.0. The topological polar surface area (TPSA) is 13.0 Å². The first kappa shape index (κ1) is 25.5. The van der Waals surface area contributed by atoms with Crippen molar-refractivity contribution in [3.8, 4) is 0 Å². The summed E-state index contributed by atoms with van der Waals surface area (Å²) in [7, 11) is 0. The van der Waals surface area contributed by atoms with E-state index in [1.165, 1.54) is 34.1 Å². The minimum absolute atomic E-state index is 1.01. The first-order valence-electron chi connectivity index (χ1n) is 12.9. The zero-order valence-corrected chi connectivity index (χ0v) is 22.0. The Morgan fingerprint density at radius 3 is 0.676 bits per heavy atom. The summed E-state index contributed by atoms with van der Waals surface area (Å²) in [5, 5.41) is 0. The lowest BCUT2D eigenvalue weighted by molar-refractivity contribution is 0.865. The Kier molecular flexibility index (Phi) is 9.26. The first-order chi connectivity index (χ1) is 16.6. The molecule has 3 aromatic rings. The van der Waals surface area contributed by atoms with Crippen molar-refractivity contribution < 1.29 is 0 Å². The van der Waals surface area contributed by atoms with Crippen LogP contribution >= 0.6 is 0 Å². The summed E-state index contributed by atoms with van der Waals surface area (Å²) in [6.45, 7) is 19.3. The molecule has 3 rings (SSSR count). The molecule has 182 valence electrons. The monoisotopic (exact) mass is 458 g/mol. The molecular weight excluding hydrogens is 416 g/mol. The van der Waals surface area contributed by atoms with Crippen LogP contribution in [0.2, 0.25) is 0 Å². The normalized spacial score (nSPS) is 10.8. The van der Waals surface area contributed by atoms with Crippen LogP contribution in [0.4, 0.5) is 34.1 Å². The average Bonchev–Trinajstić information content (AvgIpc) is 2.89. The largest absolute Gasteiger partial charge is 0.372 e. The van der Waals surface area contributed by atoms with Gasteiger partial charge in [0.2, 0.25) is 0 Å². The quantitative estimate of drug-likeness (QED) is 0.276. The molecule has 0 bridgehead atoms. The Balaban J connectivity index is 2.01. The minimum Gasteiger partial charge on any atom is -0.372 e. The fourth-order valence-electron chi connectivity index (χ4n) is 4.65. The van der Waals surface area contributed by atoms with Crippen molar-refractivity contribution in [2.75, 3.05) is 58.9 Å². The highest BCUT2D eigenvalue weighted by atomic mass is 15.2. The predicted molar refractivity (Wildman–Crippen MR) is 152 cm³/mol. The highest BCUT2D eigenvalue weighted by Gasteiger charge is 2.14. The second-order valence-corrected chi connectivity index (χ2v) is 8.40. The van der Waals surface area contributed by atoms with E-state index in [0.717, 1.165) is 39.3 Å². The maximum Gasteiger partial charge on any atom is 0.0463 e. The third-order valence-electron chi connectivity index (χ3n) is 6.71. The van der Waals surface area contributed by atoms with Crippen LogP contribution < -0.4 is 19.6 Å². The number of benzene rings is 3. The molecule has 4 heteroatoms. The maximum atomic E-state index is 2.38. The summed E-state index contributed by atoms with van der Waals surface area (Å²) in [4.78, 5) is 9.49. The Hall–Kier alpha value is -3.14. The number of hydrogen-bond acceptors (Lipinski definition) is 4. The van der Waals surface area contributed by atoms with Crippen molar-refractivity contribution in [1.82, 2.24) is 0 Å². The van der Waals surface area contributed by atoms with Gasteiger partial charge in [0, 0.05) is 73.4 Å². The molecule has 0 amide bonds. The molecule has 3 aromatic carbocycles. The third-order valence-corrected chi connectivity index (χ3v) is 6.71. The van der Waals surface area contributed by atoms with Crippen molar-refractivity contribution in [1.29, 1.82) is 0 Å². The van der Waals surface area contributed by atoms with Gasteiger partial charge in [-0.15, -0.1) is 0 Å². The number of hydrogen-bond donors (Lipinski definition) is 0. The van der Waals surface area contributed by atoms with Gasteiger partial charge in [0.05, 0.1) is 0 Å². The second kappa shape index (κ2) is 12.4. The van der Waals surface area contributed by atoms with Gasteiger partial charge in [-0.2, -0.15) is 0 Å². The van der Waals surface area contributed by atoms with E-state index in [1.807, 2.05) is 0 Å². The summed E-state index contributed by atoms with van der Waals surface area (Å²) in [6, 6.07) is 26.9. The van der Waals surface area contributed by atoms with Crippen LogP contribution in [-0.4, -0.2) is 39.3 Å². The van der Waals surface area contributed by atoms with Crippen LogP contribution in [0.15, 0.2) is 72.8 Å². The number of nitrogens with zero attached hydrogens (tertiary/aromatic N) is 4. The van der Waals surface area contributed by atoms with Gasteiger partial charge in [0.15, 0.2) is 0 Å². The Morgan fingerprint density at radius 2 is 0.500 bits per heavy atom. The number of rotatable bonds is 12. The minimum atomic E-state index is 1.01. The van der Waals surface area contributed by atoms with Crippen LogP contribution in [0.1, 0.15) is 41.5 Å². The van der Waals surface area contributed by atoms with E-state index in [1.54, 1.807) is 0 Å². The number of anilines is 6. The van der Waals surface area contributed by atoms with Gasteiger partial charge in [-0.3, -0.25) is 0 Å². The lowest BCUT2D eigenvalue weighted by Crippen LogP contribution is -2.22. The molecule has 0 aromatic heterocycles. The fraction of sp³-hybridized carbons (Fsp3) is 0.400. The summed E-state index contributed by atoms with van der Waals surface area (Å²) in [5.74, 6) is 0. The van der Waals surface area contributed by atoms with Crippen molar-refractivity contribution in [2.45, 2.75) is 41.5 Å². The molecular formula is C30H42N4. The zero-order chi connectivity index (χ0) is 24.5. The Labute approximate surface area is 207 Å². The molecule has 0 radical (unpaired) electrons. The van der Waals surface area contributed by atoms with E-state index >= 15 is 0 Å². The van der Waals surface area contributed by atoms with E-state index in [0.29, 0.717) is 0 Å². The van der Waals surface area contributed by atoms with Crippen LogP contribution in [0.5, 0.6) is 0 Å². The van der Waals surface area contributed by atoms with Gasteiger partial charge in [0.1, 0.15) is 0 Å². The van der Waals surface area contributed by atoms with Crippen molar-refractivity contribution in [2.24, 2.45) is 0 Å². The summed E-state index contributed by atoms with van der Waals surface area (Å²) >= 11 is 0. The van der Waals surface area contributed by atoms with E-state index in [2.05, 4.69) is 134 Å². The first-order valence-corrected chi connectivity index (χ1v) is 12.9. The molecule has 0 unspecified atom stereocenters. The highest BCUT2D eigenvalue weighted by molar-refractivity contribution is 5.79. The van der Waals surface area contributed by atoms with Crippen LogP contribution in [0, 0.1) is 0 Å². The fourth-order valence-corrected chi connectivity index (χ4v) is 4.65. The molecule has 0 fully saturated rings. The van der Waals surface area contributed by atoms with Crippen LogP contribution in [0.25, 0.3) is 0 Å².